The predicted octanol–water partition coefficient (Wildman–Crippen LogP) is 0.216. The maximum absolute atomic E-state index is 11.9. The van der Waals surface area contributed by atoms with Gasteiger partial charge in [-0.1, -0.05) is 0 Å². The van der Waals surface area contributed by atoms with Crippen LogP contribution in [0.25, 0.3) is 0 Å². The summed E-state index contributed by atoms with van der Waals surface area (Å²) in [5.41, 5.74) is 5.26. The minimum Gasteiger partial charge on any atom is -0.378 e. The first kappa shape index (κ1) is 15.3. The van der Waals surface area contributed by atoms with E-state index < -0.39 is 14.9 Å². The molecule has 0 radical (unpaired) electrons. The summed E-state index contributed by atoms with van der Waals surface area (Å²) < 4.78 is 24.8. The molecule has 8 nitrogen and oxygen atoms in total. The molecule has 0 saturated carbocycles. The Morgan fingerprint density at radius 1 is 1.42 bits per heavy atom. The van der Waals surface area contributed by atoms with Crippen molar-refractivity contribution in [2.75, 3.05) is 32.5 Å². The smallest absolute Gasteiger partial charge is 0.293 e. The molecule has 0 saturated heterocycles. The van der Waals surface area contributed by atoms with E-state index in [9.17, 15) is 18.5 Å². The normalized spacial score (nSPS) is 11.6. The van der Waals surface area contributed by atoms with E-state index >= 15 is 0 Å². The molecule has 19 heavy (non-hydrogen) atoms. The van der Waals surface area contributed by atoms with Crippen molar-refractivity contribution in [1.82, 2.24) is 4.31 Å². The van der Waals surface area contributed by atoms with Crippen LogP contribution in [0.1, 0.15) is 0 Å². The molecule has 1 aromatic rings. The molecule has 0 fully saturated rings. The summed E-state index contributed by atoms with van der Waals surface area (Å²) in [6.45, 7) is 0.676. The van der Waals surface area contributed by atoms with E-state index in [-0.39, 0.29) is 16.3 Å². The van der Waals surface area contributed by atoms with E-state index in [4.69, 9.17) is 5.73 Å². The van der Waals surface area contributed by atoms with Crippen LogP contribution in [0.15, 0.2) is 23.1 Å². The quantitative estimate of drug-likeness (QED) is 0.570. The van der Waals surface area contributed by atoms with E-state index in [0.29, 0.717) is 13.1 Å². The van der Waals surface area contributed by atoms with Gasteiger partial charge < -0.3 is 11.1 Å². The van der Waals surface area contributed by atoms with Crippen LogP contribution in [-0.4, -0.2) is 44.8 Å². The Kier molecular flexibility index (Phi) is 4.81. The molecule has 0 amide bonds. The number of benzene rings is 1. The first-order valence-electron chi connectivity index (χ1n) is 5.45. The van der Waals surface area contributed by atoms with Crippen molar-refractivity contribution in [3.05, 3.63) is 28.3 Å². The fourth-order valence-corrected chi connectivity index (χ4v) is 2.31. The first-order chi connectivity index (χ1) is 8.80. The van der Waals surface area contributed by atoms with Crippen LogP contribution >= 0.6 is 0 Å². The molecule has 0 bridgehead atoms. The van der Waals surface area contributed by atoms with E-state index in [0.717, 1.165) is 10.4 Å². The summed E-state index contributed by atoms with van der Waals surface area (Å²) in [6.07, 6.45) is 0. The van der Waals surface area contributed by atoms with Crippen LogP contribution in [0.2, 0.25) is 0 Å². The molecule has 0 heterocycles. The van der Waals surface area contributed by atoms with Gasteiger partial charge in [0.1, 0.15) is 5.69 Å². The maximum atomic E-state index is 11.9. The summed E-state index contributed by atoms with van der Waals surface area (Å²) in [7, 11) is -0.968. The van der Waals surface area contributed by atoms with Crippen molar-refractivity contribution < 1.29 is 13.3 Å². The Balaban J connectivity index is 3.28. The number of nitro groups is 1. The van der Waals surface area contributed by atoms with Gasteiger partial charge in [-0.05, 0) is 12.1 Å². The third kappa shape index (κ3) is 3.40. The van der Waals surface area contributed by atoms with E-state index in [1.807, 2.05) is 0 Å². The first-order valence-corrected chi connectivity index (χ1v) is 6.89. The van der Waals surface area contributed by atoms with Crippen molar-refractivity contribution in [2.24, 2.45) is 5.73 Å². The third-order valence-corrected chi connectivity index (χ3v) is 4.22. The van der Waals surface area contributed by atoms with Gasteiger partial charge in [-0.3, -0.25) is 10.1 Å². The van der Waals surface area contributed by atoms with Gasteiger partial charge in [0.05, 0.1) is 9.82 Å². The van der Waals surface area contributed by atoms with Crippen molar-refractivity contribution in [3.8, 4) is 0 Å². The van der Waals surface area contributed by atoms with E-state index in [1.165, 1.54) is 26.2 Å². The predicted molar refractivity (Wildman–Crippen MR) is 71.5 cm³/mol. The molecule has 0 unspecified atom stereocenters. The lowest BCUT2D eigenvalue weighted by molar-refractivity contribution is -0.384. The molecule has 0 atom stereocenters. The summed E-state index contributed by atoms with van der Waals surface area (Å²) in [6, 6.07) is 3.72. The number of nitro benzene ring substituents is 1. The highest BCUT2D eigenvalue weighted by molar-refractivity contribution is 7.89. The third-order valence-electron chi connectivity index (χ3n) is 2.40. The minimum atomic E-state index is -3.69. The second-order valence-electron chi connectivity index (χ2n) is 3.94. The van der Waals surface area contributed by atoms with Crippen molar-refractivity contribution in [3.63, 3.8) is 0 Å². The zero-order valence-electron chi connectivity index (χ0n) is 10.7. The van der Waals surface area contributed by atoms with Gasteiger partial charge in [-0.25, -0.2) is 12.7 Å². The fraction of sp³-hybridized carbons (Fsp3) is 0.400. The van der Waals surface area contributed by atoms with E-state index in [1.54, 1.807) is 0 Å². The number of sulfonamides is 1. The Hall–Kier alpha value is -1.71. The van der Waals surface area contributed by atoms with Crippen LogP contribution in [0.4, 0.5) is 11.4 Å². The van der Waals surface area contributed by atoms with Crippen molar-refractivity contribution in [1.29, 1.82) is 0 Å². The molecular formula is C10H16N4O4S. The van der Waals surface area contributed by atoms with Gasteiger partial charge in [0.15, 0.2) is 0 Å². The molecule has 1 aromatic carbocycles. The standard InChI is InChI=1S/C10H16N4O4S/c1-13(2)19(17,18)8-3-4-9(12-6-5-11)10(7-8)14(15)16/h3-4,7,12H,5-6,11H2,1-2H3. The highest BCUT2D eigenvalue weighted by Gasteiger charge is 2.22. The zero-order chi connectivity index (χ0) is 14.6. The van der Waals surface area contributed by atoms with Crippen LogP contribution in [-0.2, 0) is 10.0 Å². The van der Waals surface area contributed by atoms with Gasteiger partial charge in [0, 0.05) is 33.3 Å². The summed E-state index contributed by atoms with van der Waals surface area (Å²) in [5, 5.41) is 13.7. The average molecular weight is 288 g/mol. The second-order valence-corrected chi connectivity index (χ2v) is 6.09. The highest BCUT2D eigenvalue weighted by atomic mass is 32.2. The second kappa shape index (κ2) is 5.95. The van der Waals surface area contributed by atoms with Gasteiger partial charge in [-0.2, -0.15) is 0 Å². The Bertz CT molecular complexity index is 571. The molecule has 9 heteroatoms. The molecule has 0 aromatic heterocycles. The van der Waals surface area contributed by atoms with Gasteiger partial charge in [-0.15, -0.1) is 0 Å². The molecule has 3 N–H and O–H groups in total. The maximum Gasteiger partial charge on any atom is 0.293 e. The Labute approximate surface area is 111 Å². The molecule has 0 spiro atoms. The number of nitrogens with zero attached hydrogens (tertiary/aromatic N) is 2. The van der Waals surface area contributed by atoms with Gasteiger partial charge in [0.2, 0.25) is 10.0 Å². The highest BCUT2D eigenvalue weighted by Crippen LogP contribution is 2.28. The van der Waals surface area contributed by atoms with Crippen LogP contribution in [0, 0.1) is 10.1 Å². The fourth-order valence-electron chi connectivity index (χ4n) is 1.39. The molecule has 1 rings (SSSR count). The van der Waals surface area contributed by atoms with Gasteiger partial charge in [0.25, 0.3) is 5.69 Å². The number of rotatable bonds is 6. The minimum absolute atomic E-state index is 0.123. The monoisotopic (exact) mass is 288 g/mol. The number of nitrogens with two attached hydrogens (primary N) is 1. The Morgan fingerprint density at radius 2 is 2.05 bits per heavy atom. The van der Waals surface area contributed by atoms with Crippen LogP contribution in [0.5, 0.6) is 0 Å². The molecule has 0 aliphatic rings. The SMILES string of the molecule is CN(C)S(=O)(=O)c1ccc(NCCN)c([N+](=O)[O-])c1. The number of hydrogen-bond acceptors (Lipinski definition) is 6. The molecular weight excluding hydrogens is 272 g/mol. The lowest BCUT2D eigenvalue weighted by atomic mass is 10.2. The van der Waals surface area contributed by atoms with Gasteiger partial charge >= 0.3 is 0 Å². The van der Waals surface area contributed by atoms with Crippen molar-refractivity contribution in [2.45, 2.75) is 4.90 Å². The molecule has 106 valence electrons. The van der Waals surface area contributed by atoms with E-state index in [2.05, 4.69) is 5.32 Å². The summed E-state index contributed by atoms with van der Waals surface area (Å²) in [4.78, 5) is 10.2. The summed E-state index contributed by atoms with van der Waals surface area (Å²) in [5.74, 6) is 0. The van der Waals surface area contributed by atoms with Crippen LogP contribution < -0.4 is 11.1 Å². The molecule has 0 aliphatic heterocycles. The number of anilines is 1. The zero-order valence-corrected chi connectivity index (χ0v) is 11.5. The van der Waals surface area contributed by atoms with Crippen LogP contribution in [0.3, 0.4) is 0 Å². The largest absolute Gasteiger partial charge is 0.378 e. The lowest BCUT2D eigenvalue weighted by Crippen LogP contribution is -2.22. The number of nitrogens with one attached hydrogen (secondary N) is 1. The average Bonchev–Trinajstić information content (AvgIpc) is 2.35. The molecule has 0 aliphatic carbocycles. The van der Waals surface area contributed by atoms with Crippen molar-refractivity contribution >= 4 is 21.4 Å². The lowest BCUT2D eigenvalue weighted by Gasteiger charge is -2.12. The topological polar surface area (TPSA) is 119 Å². The summed E-state index contributed by atoms with van der Waals surface area (Å²) >= 11 is 0. The Morgan fingerprint density at radius 3 is 2.53 bits per heavy atom. The number of hydrogen-bond donors (Lipinski definition) is 2.